The SMILES string of the molecule is C=CCCN(C(=O)CC(C)CCC=C(C)C)C(=O)/C([N+]#N)=C(\O)OCC. The molecule has 0 radical (unpaired) electrons. The van der Waals surface area contributed by atoms with Crippen molar-refractivity contribution in [2.24, 2.45) is 5.92 Å². The number of hydrogen-bond acceptors (Lipinski definition) is 5. The molecule has 144 valence electrons. The molecule has 0 bridgehead atoms. The molecular weight excluding hydrogens is 334 g/mol. The number of aliphatic hydroxyl groups excluding tert-OH is 1. The Hall–Kier alpha value is -2.62. The molecule has 0 aromatic heterocycles. The maximum Gasteiger partial charge on any atom is 0.528 e. The lowest BCUT2D eigenvalue weighted by molar-refractivity contribution is -0.143. The van der Waals surface area contributed by atoms with Crippen LogP contribution in [-0.2, 0) is 14.3 Å². The number of ether oxygens (including phenoxy) is 1. The average Bonchev–Trinajstić information content (AvgIpc) is 2.55. The molecule has 7 heteroatoms. The predicted octanol–water partition coefficient (Wildman–Crippen LogP) is 4.31. The van der Waals surface area contributed by atoms with Crippen LogP contribution in [0.1, 0.15) is 53.4 Å². The first-order chi connectivity index (χ1) is 12.3. The molecule has 0 aliphatic carbocycles. The summed E-state index contributed by atoms with van der Waals surface area (Å²) in [4.78, 5) is 28.9. The van der Waals surface area contributed by atoms with Gasteiger partial charge in [0, 0.05) is 13.0 Å². The number of rotatable bonds is 11. The minimum absolute atomic E-state index is 0.0797. The van der Waals surface area contributed by atoms with E-state index in [4.69, 9.17) is 10.1 Å². The molecule has 7 nitrogen and oxygen atoms in total. The van der Waals surface area contributed by atoms with Crippen LogP contribution in [0.4, 0.5) is 0 Å². The fourth-order valence-corrected chi connectivity index (χ4v) is 2.24. The number of amides is 2. The second kappa shape index (κ2) is 12.7. The van der Waals surface area contributed by atoms with E-state index in [0.717, 1.165) is 17.7 Å². The quantitative estimate of drug-likeness (QED) is 0.255. The van der Waals surface area contributed by atoms with E-state index in [1.807, 2.05) is 20.8 Å². The van der Waals surface area contributed by atoms with Crippen LogP contribution >= 0.6 is 0 Å². The molecular formula is C19H30N3O4+. The van der Waals surface area contributed by atoms with Crippen molar-refractivity contribution in [3.05, 3.63) is 40.9 Å². The van der Waals surface area contributed by atoms with Crippen LogP contribution in [0.5, 0.6) is 0 Å². The number of diazo groups is 1. The Bertz CT molecular complexity index is 598. The molecule has 1 N–H and O–H groups in total. The van der Waals surface area contributed by atoms with Crippen LogP contribution in [-0.4, -0.2) is 35.0 Å². The molecule has 1 unspecified atom stereocenters. The van der Waals surface area contributed by atoms with E-state index in [2.05, 4.69) is 17.6 Å². The molecule has 2 amide bonds. The lowest BCUT2D eigenvalue weighted by Crippen LogP contribution is -2.39. The third-order valence-corrected chi connectivity index (χ3v) is 3.62. The molecule has 0 aromatic carbocycles. The van der Waals surface area contributed by atoms with Crippen LogP contribution < -0.4 is 0 Å². The highest BCUT2D eigenvalue weighted by atomic mass is 16.6. The van der Waals surface area contributed by atoms with E-state index < -0.39 is 23.5 Å². The third kappa shape index (κ3) is 8.47. The third-order valence-electron chi connectivity index (χ3n) is 3.62. The zero-order chi connectivity index (χ0) is 20.1. The first-order valence-electron chi connectivity index (χ1n) is 8.78. The largest absolute Gasteiger partial charge is 0.528 e. The van der Waals surface area contributed by atoms with Crippen LogP contribution in [0, 0.1) is 11.3 Å². The van der Waals surface area contributed by atoms with Crippen molar-refractivity contribution in [2.45, 2.75) is 53.4 Å². The van der Waals surface area contributed by atoms with Gasteiger partial charge in [-0.05, 0) is 46.0 Å². The van der Waals surface area contributed by atoms with Gasteiger partial charge in [-0.25, -0.2) is 0 Å². The van der Waals surface area contributed by atoms with Gasteiger partial charge < -0.3 is 9.84 Å². The van der Waals surface area contributed by atoms with Crippen molar-refractivity contribution in [1.82, 2.24) is 4.90 Å². The first-order valence-corrected chi connectivity index (χ1v) is 8.78. The van der Waals surface area contributed by atoms with Gasteiger partial charge in [0.1, 0.15) is 0 Å². The highest BCUT2D eigenvalue weighted by molar-refractivity contribution is 6.05. The fraction of sp³-hybridized carbons (Fsp3) is 0.579. The maximum atomic E-state index is 12.6. The van der Waals surface area contributed by atoms with Crippen LogP contribution in [0.3, 0.4) is 0 Å². The minimum Gasteiger partial charge on any atom is -0.475 e. The summed E-state index contributed by atoms with van der Waals surface area (Å²) in [6, 6.07) is 0. The molecule has 0 rings (SSSR count). The first kappa shape index (κ1) is 23.4. The monoisotopic (exact) mass is 364 g/mol. The lowest BCUT2D eigenvalue weighted by Gasteiger charge is -2.19. The van der Waals surface area contributed by atoms with Crippen molar-refractivity contribution < 1.29 is 19.4 Å². The predicted molar refractivity (Wildman–Crippen MR) is 100 cm³/mol. The number of hydrogen-bond donors (Lipinski definition) is 1. The zero-order valence-electron chi connectivity index (χ0n) is 16.2. The van der Waals surface area contributed by atoms with Crippen molar-refractivity contribution in [3.63, 3.8) is 0 Å². The zero-order valence-corrected chi connectivity index (χ0v) is 16.2. The standard InChI is InChI=1S/C19H29N3O4/c1-6-8-12-22(18(24)17(21-20)19(25)26-7-2)16(23)13-15(5)11-9-10-14(3)4/h6,10,15H,1,7-9,11-13H2,2-5H3/p+1. The lowest BCUT2D eigenvalue weighted by atomic mass is 10.00. The molecule has 0 fully saturated rings. The van der Waals surface area contributed by atoms with Gasteiger partial charge in [0.15, 0.2) is 4.98 Å². The van der Waals surface area contributed by atoms with E-state index in [-0.39, 0.29) is 25.5 Å². The molecule has 0 aliphatic rings. The highest BCUT2D eigenvalue weighted by Crippen LogP contribution is 2.17. The van der Waals surface area contributed by atoms with Gasteiger partial charge in [-0.3, -0.25) is 14.5 Å². The van der Waals surface area contributed by atoms with Gasteiger partial charge in [-0.15, -0.1) is 6.58 Å². The molecule has 0 aromatic rings. The highest BCUT2D eigenvalue weighted by Gasteiger charge is 2.38. The summed E-state index contributed by atoms with van der Waals surface area (Å²) in [7, 11) is 0. The van der Waals surface area contributed by atoms with E-state index in [1.165, 1.54) is 5.57 Å². The van der Waals surface area contributed by atoms with Crippen LogP contribution in [0.15, 0.2) is 35.9 Å². The van der Waals surface area contributed by atoms with E-state index >= 15 is 0 Å². The average molecular weight is 364 g/mol. The van der Waals surface area contributed by atoms with Gasteiger partial charge in [0.2, 0.25) is 11.3 Å². The number of carbonyl (C=O) groups excluding carboxylic acids is 2. The number of imide groups is 1. The van der Waals surface area contributed by atoms with E-state index in [1.54, 1.807) is 13.0 Å². The second-order valence-corrected chi connectivity index (χ2v) is 6.28. The topological polar surface area (TPSA) is 95.0 Å². The summed E-state index contributed by atoms with van der Waals surface area (Å²) in [6.07, 6.45) is 5.92. The van der Waals surface area contributed by atoms with Gasteiger partial charge in [0.25, 0.3) is 0 Å². The minimum atomic E-state index is -0.901. The summed E-state index contributed by atoms with van der Waals surface area (Å²) < 4.78 is 4.80. The number of nitrogens with zero attached hydrogens (tertiary/aromatic N) is 3. The van der Waals surface area contributed by atoms with Gasteiger partial charge in [-0.1, -0.05) is 24.6 Å². The Balaban J connectivity index is 5.23. The Kier molecular flexibility index (Phi) is 11.4. The number of aliphatic hydroxyl groups is 1. The Morgan fingerprint density at radius 2 is 2.00 bits per heavy atom. The summed E-state index contributed by atoms with van der Waals surface area (Å²) in [5, 5.41) is 18.7. The van der Waals surface area contributed by atoms with E-state index in [9.17, 15) is 14.7 Å². The molecule has 0 heterocycles. The van der Waals surface area contributed by atoms with Crippen molar-refractivity contribution in [3.8, 4) is 0 Å². The fourth-order valence-electron chi connectivity index (χ4n) is 2.24. The molecule has 1 atom stereocenters. The molecule has 0 aliphatic heterocycles. The second-order valence-electron chi connectivity index (χ2n) is 6.28. The Morgan fingerprint density at radius 3 is 2.50 bits per heavy atom. The molecule has 26 heavy (non-hydrogen) atoms. The molecule has 0 saturated carbocycles. The summed E-state index contributed by atoms with van der Waals surface area (Å²) in [5.41, 5.74) is 0.526. The molecule has 0 saturated heterocycles. The normalized spacial score (nSPS) is 12.3. The van der Waals surface area contributed by atoms with Gasteiger partial charge in [-0.2, -0.15) is 0 Å². The molecule has 0 spiro atoms. The van der Waals surface area contributed by atoms with Crippen molar-refractivity contribution in [1.29, 1.82) is 5.39 Å². The summed E-state index contributed by atoms with van der Waals surface area (Å²) in [5.74, 6) is -2.03. The van der Waals surface area contributed by atoms with Crippen molar-refractivity contribution in [2.75, 3.05) is 13.2 Å². The van der Waals surface area contributed by atoms with Gasteiger partial charge >= 0.3 is 17.5 Å². The van der Waals surface area contributed by atoms with E-state index in [0.29, 0.717) is 6.42 Å². The Labute approximate surface area is 155 Å². The summed E-state index contributed by atoms with van der Waals surface area (Å²) >= 11 is 0. The number of allylic oxidation sites excluding steroid dienone is 2. The van der Waals surface area contributed by atoms with Crippen LogP contribution in [0.25, 0.3) is 4.98 Å². The number of carbonyl (C=O) groups is 2. The summed E-state index contributed by atoms with van der Waals surface area (Å²) in [6.45, 7) is 11.3. The van der Waals surface area contributed by atoms with Crippen molar-refractivity contribution >= 4 is 11.8 Å². The smallest absolute Gasteiger partial charge is 0.475 e. The maximum absolute atomic E-state index is 12.6. The Morgan fingerprint density at radius 1 is 1.35 bits per heavy atom. The van der Waals surface area contributed by atoms with Crippen LogP contribution in [0.2, 0.25) is 0 Å². The van der Waals surface area contributed by atoms with Gasteiger partial charge in [0.05, 0.1) is 6.61 Å².